The second kappa shape index (κ2) is 7.70. The van der Waals surface area contributed by atoms with Crippen molar-refractivity contribution in [3.63, 3.8) is 0 Å². The summed E-state index contributed by atoms with van der Waals surface area (Å²) in [7, 11) is 0. The highest BCUT2D eigenvalue weighted by Gasteiger charge is 2.41. The third-order valence-corrected chi connectivity index (χ3v) is 5.36. The molecule has 1 unspecified atom stereocenters. The molecule has 0 saturated carbocycles. The smallest absolute Gasteiger partial charge is 0.253 e. The lowest BCUT2D eigenvalue weighted by molar-refractivity contribution is -0.140. The molecule has 1 amide bonds. The molecule has 7 heteroatoms. The number of aromatic nitrogens is 2. The van der Waals surface area contributed by atoms with Gasteiger partial charge in [0.1, 0.15) is 12.4 Å². The van der Waals surface area contributed by atoms with E-state index in [4.69, 9.17) is 4.74 Å². The highest BCUT2D eigenvalue weighted by molar-refractivity contribution is 5.95. The van der Waals surface area contributed by atoms with Crippen LogP contribution in [-0.2, 0) is 16.1 Å². The van der Waals surface area contributed by atoms with E-state index in [0.29, 0.717) is 12.2 Å². The zero-order valence-electron chi connectivity index (χ0n) is 15.2. The molecule has 27 heavy (non-hydrogen) atoms. The molecule has 1 aromatic heterocycles. The molecule has 2 fully saturated rings. The molecular weight excluding hydrogens is 347 g/mol. The summed E-state index contributed by atoms with van der Waals surface area (Å²) in [4.78, 5) is 24.9. The van der Waals surface area contributed by atoms with E-state index >= 15 is 0 Å². The molecular formula is C20H23FN4O2. The van der Waals surface area contributed by atoms with E-state index < -0.39 is 0 Å². The minimum atomic E-state index is -0.378. The van der Waals surface area contributed by atoms with Crippen LogP contribution in [0, 0.1) is 5.82 Å². The summed E-state index contributed by atoms with van der Waals surface area (Å²) in [5, 5.41) is 0. The van der Waals surface area contributed by atoms with Gasteiger partial charge in [0.05, 0.1) is 17.8 Å². The number of ether oxygens (including phenoxy) is 1. The maximum atomic E-state index is 13.6. The molecule has 2 saturated heterocycles. The summed E-state index contributed by atoms with van der Waals surface area (Å²) in [5.41, 5.74) is 1.18. The molecule has 0 radical (unpaired) electrons. The van der Waals surface area contributed by atoms with Crippen molar-refractivity contribution in [2.24, 2.45) is 0 Å². The lowest BCUT2D eigenvalue weighted by atomic mass is 9.92. The van der Waals surface area contributed by atoms with E-state index in [2.05, 4.69) is 14.9 Å². The molecule has 2 aliphatic rings. The number of rotatable bonds is 3. The van der Waals surface area contributed by atoms with Crippen molar-refractivity contribution in [1.82, 2.24) is 14.9 Å². The minimum absolute atomic E-state index is 0.0423. The van der Waals surface area contributed by atoms with Gasteiger partial charge in [-0.3, -0.25) is 19.7 Å². The SMILES string of the molecule is O=C1COC2(CCCN(Cc3cnccn3)CC2)CN1c1cccc(F)c1. The third kappa shape index (κ3) is 4.14. The molecule has 142 valence electrons. The number of nitrogens with zero attached hydrogens (tertiary/aromatic N) is 4. The molecule has 2 aromatic rings. The predicted molar refractivity (Wildman–Crippen MR) is 98.6 cm³/mol. The number of carbonyl (C=O) groups excluding carboxylic acids is 1. The topological polar surface area (TPSA) is 58.6 Å². The fourth-order valence-corrected chi connectivity index (χ4v) is 3.92. The Kier molecular flexibility index (Phi) is 5.13. The van der Waals surface area contributed by atoms with Crippen LogP contribution in [0.1, 0.15) is 25.0 Å². The first-order valence-corrected chi connectivity index (χ1v) is 9.31. The van der Waals surface area contributed by atoms with Gasteiger partial charge in [0.25, 0.3) is 5.91 Å². The van der Waals surface area contributed by atoms with Gasteiger partial charge in [-0.25, -0.2) is 4.39 Å². The van der Waals surface area contributed by atoms with Crippen molar-refractivity contribution in [1.29, 1.82) is 0 Å². The number of likely N-dealkylation sites (tertiary alicyclic amines) is 1. The van der Waals surface area contributed by atoms with Crippen molar-refractivity contribution in [2.75, 3.05) is 31.1 Å². The van der Waals surface area contributed by atoms with Gasteiger partial charge in [-0.05, 0) is 44.0 Å². The van der Waals surface area contributed by atoms with E-state index in [1.807, 2.05) is 0 Å². The number of hydrogen-bond acceptors (Lipinski definition) is 5. The zero-order chi connectivity index (χ0) is 18.7. The molecule has 6 nitrogen and oxygen atoms in total. The first kappa shape index (κ1) is 18.0. The van der Waals surface area contributed by atoms with Crippen LogP contribution in [0.25, 0.3) is 0 Å². The predicted octanol–water partition coefficient (Wildman–Crippen LogP) is 2.40. The molecule has 1 spiro atoms. The molecule has 0 aliphatic carbocycles. The number of anilines is 1. The van der Waals surface area contributed by atoms with Crippen molar-refractivity contribution in [3.05, 3.63) is 54.4 Å². The Labute approximate surface area is 158 Å². The summed E-state index contributed by atoms with van der Waals surface area (Å²) in [6.45, 7) is 3.09. The normalized spacial score (nSPS) is 24.2. The van der Waals surface area contributed by atoms with Gasteiger partial charge in [0.2, 0.25) is 0 Å². The molecule has 0 bridgehead atoms. The largest absolute Gasteiger partial charge is 0.363 e. The Morgan fingerprint density at radius 3 is 2.96 bits per heavy atom. The van der Waals surface area contributed by atoms with Crippen LogP contribution < -0.4 is 4.90 Å². The van der Waals surface area contributed by atoms with Crippen LogP contribution in [0.3, 0.4) is 0 Å². The summed E-state index contributed by atoms with van der Waals surface area (Å²) < 4.78 is 19.7. The molecule has 3 heterocycles. The Morgan fingerprint density at radius 1 is 1.22 bits per heavy atom. The Morgan fingerprint density at radius 2 is 2.15 bits per heavy atom. The maximum Gasteiger partial charge on any atom is 0.253 e. The fraction of sp³-hybridized carbons (Fsp3) is 0.450. The van der Waals surface area contributed by atoms with Crippen LogP contribution in [0.5, 0.6) is 0 Å². The maximum absolute atomic E-state index is 13.6. The summed E-state index contributed by atoms with van der Waals surface area (Å²) >= 11 is 0. The van der Waals surface area contributed by atoms with Crippen molar-refractivity contribution >= 4 is 11.6 Å². The average molecular weight is 370 g/mol. The average Bonchev–Trinajstić information content (AvgIpc) is 2.87. The van der Waals surface area contributed by atoms with E-state index in [1.54, 1.807) is 35.6 Å². The number of carbonyl (C=O) groups is 1. The lowest BCUT2D eigenvalue weighted by Crippen LogP contribution is -2.55. The second-order valence-corrected chi connectivity index (χ2v) is 7.26. The third-order valence-electron chi connectivity index (χ3n) is 5.36. The van der Waals surface area contributed by atoms with Gasteiger partial charge in [-0.1, -0.05) is 6.07 Å². The number of halogens is 1. The van der Waals surface area contributed by atoms with E-state index in [9.17, 15) is 9.18 Å². The lowest BCUT2D eigenvalue weighted by Gasteiger charge is -2.42. The number of hydrogen-bond donors (Lipinski definition) is 0. The first-order valence-electron chi connectivity index (χ1n) is 9.31. The van der Waals surface area contributed by atoms with Crippen LogP contribution in [0.4, 0.5) is 10.1 Å². The second-order valence-electron chi connectivity index (χ2n) is 7.26. The van der Waals surface area contributed by atoms with E-state index in [-0.39, 0.29) is 23.9 Å². The van der Waals surface area contributed by atoms with Gasteiger partial charge < -0.3 is 9.64 Å². The van der Waals surface area contributed by atoms with Crippen LogP contribution in [0.15, 0.2) is 42.9 Å². The van der Waals surface area contributed by atoms with Crippen molar-refractivity contribution < 1.29 is 13.9 Å². The van der Waals surface area contributed by atoms with E-state index in [0.717, 1.165) is 44.6 Å². The minimum Gasteiger partial charge on any atom is -0.363 e. The standard InChI is InChI=1S/C20H23FN4O2/c21-16-3-1-4-18(11-16)25-15-20(27-14-19(25)26)5-2-9-24(10-6-20)13-17-12-22-7-8-23-17/h1,3-4,7-8,11-12H,2,5-6,9-10,13-15H2. The Bertz CT molecular complexity index is 804. The molecule has 2 aliphatic heterocycles. The molecule has 1 aromatic carbocycles. The summed E-state index contributed by atoms with van der Waals surface area (Å²) in [6.07, 6.45) is 7.86. The quantitative estimate of drug-likeness (QED) is 0.830. The Balaban J connectivity index is 1.46. The van der Waals surface area contributed by atoms with Gasteiger partial charge >= 0.3 is 0 Å². The van der Waals surface area contributed by atoms with Crippen LogP contribution >= 0.6 is 0 Å². The highest BCUT2D eigenvalue weighted by Crippen LogP contribution is 2.33. The molecule has 1 atom stereocenters. The van der Waals surface area contributed by atoms with Crippen LogP contribution in [0.2, 0.25) is 0 Å². The number of amides is 1. The van der Waals surface area contributed by atoms with Gasteiger partial charge in [-0.15, -0.1) is 0 Å². The Hall–Kier alpha value is -2.38. The number of benzene rings is 1. The van der Waals surface area contributed by atoms with Gasteiger partial charge in [-0.2, -0.15) is 0 Å². The summed E-state index contributed by atoms with van der Waals surface area (Å²) in [5.74, 6) is -0.455. The van der Waals surface area contributed by atoms with Gasteiger partial charge in [0, 0.05) is 37.4 Å². The van der Waals surface area contributed by atoms with E-state index in [1.165, 1.54) is 12.1 Å². The number of morpholine rings is 1. The summed E-state index contributed by atoms with van der Waals surface area (Å²) in [6, 6.07) is 6.21. The fourth-order valence-electron chi connectivity index (χ4n) is 3.92. The zero-order valence-corrected chi connectivity index (χ0v) is 15.2. The van der Waals surface area contributed by atoms with Crippen molar-refractivity contribution in [2.45, 2.75) is 31.4 Å². The van der Waals surface area contributed by atoms with Gasteiger partial charge in [0.15, 0.2) is 0 Å². The van der Waals surface area contributed by atoms with Crippen molar-refractivity contribution in [3.8, 4) is 0 Å². The van der Waals surface area contributed by atoms with Crippen LogP contribution in [-0.4, -0.2) is 52.6 Å². The highest BCUT2D eigenvalue weighted by atomic mass is 19.1. The monoisotopic (exact) mass is 370 g/mol. The molecule has 4 rings (SSSR count). The molecule has 0 N–H and O–H groups in total. The first-order chi connectivity index (χ1) is 13.1.